The Bertz CT molecular complexity index is 1350. The second-order valence-electron chi connectivity index (χ2n) is 7.94. The van der Waals surface area contributed by atoms with E-state index in [9.17, 15) is 14.0 Å². The molecule has 0 bridgehead atoms. The highest BCUT2D eigenvalue weighted by Gasteiger charge is 2.27. The van der Waals surface area contributed by atoms with Gasteiger partial charge >= 0.3 is 0 Å². The summed E-state index contributed by atoms with van der Waals surface area (Å²) >= 11 is 0. The summed E-state index contributed by atoms with van der Waals surface area (Å²) in [6, 6.07) is 21.3. The monoisotopic (exact) mass is 459 g/mol. The van der Waals surface area contributed by atoms with Crippen LogP contribution in [0, 0.1) is 5.82 Å². The van der Waals surface area contributed by atoms with Crippen molar-refractivity contribution in [1.29, 1.82) is 0 Å². The summed E-state index contributed by atoms with van der Waals surface area (Å²) in [5.74, 6) is -0.196. The standard InChI is InChI=1S/C26H22FN3O4/c27-17-10-12-20-19(14-17)18(25(28-20)16-6-2-1-3-7-16)11-13-24(31)29-30-26(32)23-15-33-21-8-4-5-9-22(21)34-23/h1-10,12,14,23,28H,11,13,15H2,(H,29,31)(H,30,32). The number of benzene rings is 3. The van der Waals surface area contributed by atoms with Gasteiger partial charge in [-0.15, -0.1) is 0 Å². The number of carbonyl (C=O) groups is 2. The van der Waals surface area contributed by atoms with Crippen LogP contribution in [0.1, 0.15) is 12.0 Å². The molecule has 7 nitrogen and oxygen atoms in total. The number of aryl methyl sites for hydroxylation is 1. The maximum atomic E-state index is 13.9. The maximum Gasteiger partial charge on any atom is 0.283 e. The second kappa shape index (κ2) is 9.27. The van der Waals surface area contributed by atoms with E-state index >= 15 is 0 Å². The van der Waals surface area contributed by atoms with Crippen LogP contribution in [0.5, 0.6) is 11.5 Å². The Hall–Kier alpha value is -4.33. The number of hydrogen-bond acceptors (Lipinski definition) is 4. The number of H-pyrrole nitrogens is 1. The number of nitrogens with one attached hydrogen (secondary N) is 3. The molecule has 0 spiro atoms. The molecule has 4 aromatic rings. The van der Waals surface area contributed by atoms with Crippen molar-refractivity contribution < 1.29 is 23.5 Å². The molecule has 1 unspecified atom stereocenters. The van der Waals surface area contributed by atoms with E-state index in [0.29, 0.717) is 17.9 Å². The van der Waals surface area contributed by atoms with Gasteiger partial charge in [0.15, 0.2) is 11.5 Å². The topological polar surface area (TPSA) is 92.5 Å². The molecule has 0 saturated heterocycles. The van der Waals surface area contributed by atoms with Gasteiger partial charge in [0.1, 0.15) is 12.4 Å². The van der Waals surface area contributed by atoms with E-state index in [1.807, 2.05) is 36.4 Å². The number of para-hydroxylation sites is 2. The van der Waals surface area contributed by atoms with E-state index < -0.39 is 12.0 Å². The van der Waals surface area contributed by atoms with E-state index in [0.717, 1.165) is 27.7 Å². The number of carbonyl (C=O) groups excluding carboxylic acids is 2. The first kappa shape index (κ1) is 21.5. The summed E-state index contributed by atoms with van der Waals surface area (Å²) in [6.45, 7) is 0.0417. The molecule has 1 atom stereocenters. The van der Waals surface area contributed by atoms with Gasteiger partial charge in [-0.2, -0.15) is 0 Å². The van der Waals surface area contributed by atoms with Crippen LogP contribution in [0.15, 0.2) is 72.8 Å². The largest absolute Gasteiger partial charge is 0.485 e. The van der Waals surface area contributed by atoms with Crippen LogP contribution >= 0.6 is 0 Å². The van der Waals surface area contributed by atoms with Crippen molar-refractivity contribution >= 4 is 22.7 Å². The van der Waals surface area contributed by atoms with Gasteiger partial charge in [0.05, 0.1) is 0 Å². The van der Waals surface area contributed by atoms with Crippen LogP contribution in [-0.4, -0.2) is 29.5 Å². The second-order valence-corrected chi connectivity index (χ2v) is 7.94. The van der Waals surface area contributed by atoms with Crippen LogP contribution in [0.3, 0.4) is 0 Å². The summed E-state index contributed by atoms with van der Waals surface area (Å²) in [6.07, 6.45) is -0.434. The quantitative estimate of drug-likeness (QED) is 0.395. The average Bonchev–Trinajstić information content (AvgIpc) is 3.23. The number of hydrogen-bond donors (Lipinski definition) is 3. The Labute approximate surface area is 194 Å². The number of fused-ring (bicyclic) bond motifs is 2. The molecule has 5 rings (SSSR count). The molecule has 0 radical (unpaired) electrons. The lowest BCUT2D eigenvalue weighted by molar-refractivity contribution is -0.135. The number of amides is 2. The lowest BCUT2D eigenvalue weighted by Crippen LogP contribution is -2.50. The molecule has 3 N–H and O–H groups in total. The van der Waals surface area contributed by atoms with Crippen LogP contribution in [0.2, 0.25) is 0 Å². The Morgan fingerprint density at radius 3 is 2.56 bits per heavy atom. The molecule has 34 heavy (non-hydrogen) atoms. The minimum atomic E-state index is -0.878. The SMILES string of the molecule is O=C(CCc1c(-c2ccccc2)[nH]c2ccc(F)cc12)NNC(=O)C1COc2ccccc2O1. The molecule has 1 aliphatic heterocycles. The molecule has 2 heterocycles. The number of ether oxygens (including phenoxy) is 2. The molecule has 2 amide bonds. The first-order chi connectivity index (χ1) is 16.6. The summed E-state index contributed by atoms with van der Waals surface area (Å²) < 4.78 is 25.1. The minimum Gasteiger partial charge on any atom is -0.485 e. The number of halogens is 1. The molecule has 1 aromatic heterocycles. The van der Waals surface area contributed by atoms with Gasteiger partial charge in [-0.3, -0.25) is 20.4 Å². The molecule has 0 aliphatic carbocycles. The van der Waals surface area contributed by atoms with E-state index in [2.05, 4.69) is 15.8 Å². The van der Waals surface area contributed by atoms with Gasteiger partial charge in [0.2, 0.25) is 12.0 Å². The smallest absolute Gasteiger partial charge is 0.283 e. The highest BCUT2D eigenvalue weighted by molar-refractivity contribution is 5.92. The third-order valence-corrected chi connectivity index (χ3v) is 5.66. The van der Waals surface area contributed by atoms with Crippen LogP contribution in [0.25, 0.3) is 22.2 Å². The molecule has 8 heteroatoms. The third-order valence-electron chi connectivity index (χ3n) is 5.66. The number of hydrazine groups is 1. The van der Waals surface area contributed by atoms with Crippen molar-refractivity contribution in [3.63, 3.8) is 0 Å². The van der Waals surface area contributed by atoms with Gasteiger partial charge in [0, 0.05) is 23.0 Å². The van der Waals surface area contributed by atoms with Crippen LogP contribution in [-0.2, 0) is 16.0 Å². The van der Waals surface area contributed by atoms with Crippen LogP contribution in [0.4, 0.5) is 4.39 Å². The Balaban J connectivity index is 1.24. The van der Waals surface area contributed by atoms with E-state index in [4.69, 9.17) is 9.47 Å². The van der Waals surface area contributed by atoms with Crippen molar-refractivity contribution in [3.05, 3.63) is 84.2 Å². The van der Waals surface area contributed by atoms with Gasteiger partial charge in [0.25, 0.3) is 5.91 Å². The number of aromatic nitrogens is 1. The molecule has 1 aliphatic rings. The zero-order valence-corrected chi connectivity index (χ0v) is 18.1. The summed E-state index contributed by atoms with van der Waals surface area (Å²) in [7, 11) is 0. The summed E-state index contributed by atoms with van der Waals surface area (Å²) in [5.41, 5.74) is 8.23. The molecule has 0 saturated carbocycles. The van der Waals surface area contributed by atoms with Crippen LogP contribution < -0.4 is 20.3 Å². The zero-order valence-electron chi connectivity index (χ0n) is 18.1. The van der Waals surface area contributed by atoms with Gasteiger partial charge in [-0.25, -0.2) is 4.39 Å². The molecule has 0 fully saturated rings. The summed E-state index contributed by atoms with van der Waals surface area (Å²) in [4.78, 5) is 28.2. The number of rotatable bonds is 5. The van der Waals surface area contributed by atoms with Crippen molar-refractivity contribution in [2.45, 2.75) is 18.9 Å². The maximum absolute atomic E-state index is 13.9. The fraction of sp³-hybridized carbons (Fsp3) is 0.154. The van der Waals surface area contributed by atoms with Gasteiger partial charge in [-0.1, -0.05) is 42.5 Å². The molecule has 3 aromatic carbocycles. The lowest BCUT2D eigenvalue weighted by Gasteiger charge is -2.25. The fourth-order valence-corrected chi connectivity index (χ4v) is 3.99. The lowest BCUT2D eigenvalue weighted by atomic mass is 10.0. The van der Waals surface area contributed by atoms with E-state index in [1.165, 1.54) is 12.1 Å². The normalized spacial score (nSPS) is 14.6. The summed E-state index contributed by atoms with van der Waals surface area (Å²) in [5, 5.41) is 0.724. The first-order valence-corrected chi connectivity index (χ1v) is 10.9. The Kier molecular flexibility index (Phi) is 5.86. The Morgan fingerprint density at radius 2 is 1.74 bits per heavy atom. The zero-order chi connectivity index (χ0) is 23.5. The van der Waals surface area contributed by atoms with Crippen molar-refractivity contribution in [2.75, 3.05) is 6.61 Å². The first-order valence-electron chi connectivity index (χ1n) is 10.9. The van der Waals surface area contributed by atoms with Crippen molar-refractivity contribution in [1.82, 2.24) is 15.8 Å². The highest BCUT2D eigenvalue weighted by atomic mass is 19.1. The number of aromatic amines is 1. The van der Waals surface area contributed by atoms with E-state index in [-0.39, 0.29) is 24.8 Å². The van der Waals surface area contributed by atoms with Gasteiger partial charge < -0.3 is 14.5 Å². The molecular formula is C26H22FN3O4. The molecule has 172 valence electrons. The average molecular weight is 459 g/mol. The van der Waals surface area contributed by atoms with Crippen molar-refractivity contribution in [3.8, 4) is 22.8 Å². The van der Waals surface area contributed by atoms with E-state index in [1.54, 1.807) is 24.3 Å². The minimum absolute atomic E-state index is 0.0417. The van der Waals surface area contributed by atoms with Gasteiger partial charge in [-0.05, 0) is 47.9 Å². The highest BCUT2D eigenvalue weighted by Crippen LogP contribution is 2.32. The predicted octanol–water partition coefficient (Wildman–Crippen LogP) is 3.89. The fourth-order valence-electron chi connectivity index (χ4n) is 3.99. The Morgan fingerprint density at radius 1 is 0.971 bits per heavy atom. The van der Waals surface area contributed by atoms with Crippen molar-refractivity contribution in [2.24, 2.45) is 0 Å². The molecular weight excluding hydrogens is 437 g/mol. The predicted molar refractivity (Wildman–Crippen MR) is 125 cm³/mol. The third kappa shape index (κ3) is 4.43.